The van der Waals surface area contributed by atoms with Crippen LogP contribution in [0.4, 0.5) is 11.4 Å². The molecule has 2 saturated heterocycles. The van der Waals surface area contributed by atoms with E-state index in [1.54, 1.807) is 30.3 Å². The average Bonchev–Trinajstić information content (AvgIpc) is 2.75. The van der Waals surface area contributed by atoms with Crippen LogP contribution in [0.5, 0.6) is 0 Å². The summed E-state index contributed by atoms with van der Waals surface area (Å²) in [5.41, 5.74) is 5.34. The van der Waals surface area contributed by atoms with Crippen molar-refractivity contribution in [3.63, 3.8) is 0 Å². The Balaban J connectivity index is 1.57. The second-order valence-electron chi connectivity index (χ2n) is 9.11. The third-order valence-corrected chi connectivity index (χ3v) is 10.9. The van der Waals surface area contributed by atoms with Crippen LogP contribution in [0.1, 0.15) is 35.1 Å². The molecule has 0 saturated carbocycles. The highest BCUT2D eigenvalue weighted by molar-refractivity contribution is 7.92. The van der Waals surface area contributed by atoms with Gasteiger partial charge in [0, 0.05) is 38.4 Å². The molecule has 2 aliphatic heterocycles. The second kappa shape index (κ2) is 8.92. The highest BCUT2D eigenvalue weighted by Gasteiger charge is 2.33. The van der Waals surface area contributed by atoms with Crippen LogP contribution in [-0.2, 0) is 20.0 Å². The molecule has 180 valence electrons. The molecule has 0 unspecified atom stereocenters. The van der Waals surface area contributed by atoms with Crippen LogP contribution >= 0.6 is 0 Å². The highest BCUT2D eigenvalue weighted by Crippen LogP contribution is 2.32. The third-order valence-electron chi connectivity index (χ3n) is 6.84. The molecule has 0 aromatic heterocycles. The summed E-state index contributed by atoms with van der Waals surface area (Å²) >= 11 is 0. The first-order chi connectivity index (χ1) is 15.5. The second-order valence-corrected chi connectivity index (χ2v) is 13.0. The zero-order chi connectivity index (χ0) is 24.0. The van der Waals surface area contributed by atoms with Crippen LogP contribution < -0.4 is 9.21 Å². The molecule has 33 heavy (non-hydrogen) atoms. The Labute approximate surface area is 198 Å². The summed E-state index contributed by atoms with van der Waals surface area (Å²) in [6.45, 7) is 10.2. The van der Waals surface area contributed by atoms with Crippen molar-refractivity contribution in [2.75, 3.05) is 47.7 Å². The smallest absolute Gasteiger partial charge is 0.243 e. The molecule has 2 heterocycles. The average molecular weight is 492 g/mol. The molecule has 2 fully saturated rings. The minimum atomic E-state index is -3.68. The molecule has 0 N–H and O–H groups in total. The number of hydrogen-bond acceptors (Lipinski definition) is 5. The lowest BCUT2D eigenvalue weighted by Crippen LogP contribution is -2.49. The van der Waals surface area contributed by atoms with Gasteiger partial charge in [-0.2, -0.15) is 4.31 Å². The standard InChI is InChI=1S/C24H33N3O4S2/c1-18-8-7-9-23(21(18)4)25-11-13-26(14-12-25)33(30,31)24-19(2)16-22(17-20(24)3)27-10-5-6-15-32(27,28)29/h7-9,16-17H,5-6,10-15H2,1-4H3. The largest absolute Gasteiger partial charge is 0.369 e. The molecule has 0 aliphatic carbocycles. The van der Waals surface area contributed by atoms with Crippen LogP contribution in [0.3, 0.4) is 0 Å². The maximum Gasteiger partial charge on any atom is 0.243 e. The SMILES string of the molecule is Cc1cccc(N2CCN(S(=O)(=O)c3c(C)cc(N4CCCCS4(=O)=O)cc3C)CC2)c1C. The number of hydrogen-bond donors (Lipinski definition) is 0. The third kappa shape index (κ3) is 4.50. The molecular weight excluding hydrogens is 458 g/mol. The van der Waals surface area contributed by atoms with Gasteiger partial charge in [0.2, 0.25) is 20.0 Å². The van der Waals surface area contributed by atoms with E-state index in [0.717, 1.165) is 12.1 Å². The van der Waals surface area contributed by atoms with Gasteiger partial charge in [0.25, 0.3) is 0 Å². The lowest BCUT2D eigenvalue weighted by molar-refractivity contribution is 0.384. The molecule has 2 aromatic carbocycles. The fourth-order valence-corrected chi connectivity index (χ4v) is 8.39. The summed E-state index contributed by atoms with van der Waals surface area (Å²) in [5, 5.41) is 0. The van der Waals surface area contributed by atoms with Gasteiger partial charge in [0.05, 0.1) is 16.3 Å². The van der Waals surface area contributed by atoms with Crippen LogP contribution in [-0.4, -0.2) is 59.6 Å². The van der Waals surface area contributed by atoms with E-state index in [0.29, 0.717) is 60.9 Å². The number of nitrogens with zero attached hydrogens (tertiary/aromatic N) is 3. The Morgan fingerprint density at radius 2 is 1.45 bits per heavy atom. The minimum Gasteiger partial charge on any atom is -0.369 e. The molecule has 2 aliphatic rings. The van der Waals surface area contributed by atoms with E-state index in [-0.39, 0.29) is 5.75 Å². The highest BCUT2D eigenvalue weighted by atomic mass is 32.2. The van der Waals surface area contributed by atoms with E-state index >= 15 is 0 Å². The van der Waals surface area contributed by atoms with E-state index < -0.39 is 20.0 Å². The van der Waals surface area contributed by atoms with Crippen molar-refractivity contribution in [1.29, 1.82) is 0 Å². The predicted octanol–water partition coefficient (Wildman–Crippen LogP) is 3.36. The summed E-state index contributed by atoms with van der Waals surface area (Å²) in [5.74, 6) is 0.135. The molecule has 4 rings (SSSR count). The predicted molar refractivity (Wildman–Crippen MR) is 133 cm³/mol. The summed E-state index contributed by atoms with van der Waals surface area (Å²) in [7, 11) is -7.03. The van der Waals surface area contributed by atoms with Crippen molar-refractivity contribution >= 4 is 31.4 Å². The van der Waals surface area contributed by atoms with E-state index in [1.807, 2.05) is 6.07 Å². The van der Waals surface area contributed by atoms with Crippen LogP contribution in [0.2, 0.25) is 0 Å². The van der Waals surface area contributed by atoms with Crippen molar-refractivity contribution in [2.24, 2.45) is 0 Å². The van der Waals surface area contributed by atoms with Gasteiger partial charge in [-0.1, -0.05) is 12.1 Å². The van der Waals surface area contributed by atoms with Crippen molar-refractivity contribution in [1.82, 2.24) is 4.31 Å². The number of anilines is 2. The van der Waals surface area contributed by atoms with Crippen LogP contribution in [0.25, 0.3) is 0 Å². The number of benzene rings is 2. The fraction of sp³-hybridized carbons (Fsp3) is 0.500. The summed E-state index contributed by atoms with van der Waals surface area (Å²) < 4.78 is 55.2. The lowest BCUT2D eigenvalue weighted by atomic mass is 10.1. The molecule has 0 amide bonds. The van der Waals surface area contributed by atoms with Crippen molar-refractivity contribution < 1.29 is 16.8 Å². The Bertz CT molecular complexity index is 1240. The molecule has 9 heteroatoms. The Morgan fingerprint density at radius 3 is 2.06 bits per heavy atom. The summed E-state index contributed by atoms with van der Waals surface area (Å²) in [6.07, 6.45) is 1.47. The Kier molecular flexibility index (Phi) is 6.50. The monoisotopic (exact) mass is 491 g/mol. The minimum absolute atomic E-state index is 0.135. The number of aryl methyl sites for hydroxylation is 3. The summed E-state index contributed by atoms with van der Waals surface area (Å²) in [6, 6.07) is 9.62. The topological polar surface area (TPSA) is 78.0 Å². The number of rotatable bonds is 4. The zero-order valence-electron chi connectivity index (χ0n) is 19.8. The number of sulfonamides is 2. The molecule has 7 nitrogen and oxygen atoms in total. The molecule has 0 bridgehead atoms. The Hall–Kier alpha value is -2.10. The maximum atomic E-state index is 13.6. The first-order valence-corrected chi connectivity index (χ1v) is 14.5. The number of piperazine rings is 1. The van der Waals surface area contributed by atoms with Gasteiger partial charge in [-0.3, -0.25) is 4.31 Å². The van der Waals surface area contributed by atoms with Crippen molar-refractivity contribution in [3.8, 4) is 0 Å². The molecular formula is C24H33N3O4S2. The van der Waals surface area contributed by atoms with E-state index in [4.69, 9.17) is 0 Å². The van der Waals surface area contributed by atoms with Gasteiger partial charge < -0.3 is 4.90 Å². The quantitative estimate of drug-likeness (QED) is 0.655. The molecule has 0 atom stereocenters. The van der Waals surface area contributed by atoms with Gasteiger partial charge in [-0.25, -0.2) is 16.8 Å². The van der Waals surface area contributed by atoms with E-state index in [1.165, 1.54) is 15.4 Å². The molecule has 0 radical (unpaired) electrons. The summed E-state index contributed by atoms with van der Waals surface area (Å²) in [4.78, 5) is 2.54. The van der Waals surface area contributed by atoms with Gasteiger partial charge >= 0.3 is 0 Å². The van der Waals surface area contributed by atoms with Crippen LogP contribution in [0.15, 0.2) is 35.2 Å². The molecule has 0 spiro atoms. The van der Waals surface area contributed by atoms with Gasteiger partial charge in [-0.15, -0.1) is 0 Å². The van der Waals surface area contributed by atoms with Crippen LogP contribution in [0, 0.1) is 27.7 Å². The van der Waals surface area contributed by atoms with Gasteiger partial charge in [0.1, 0.15) is 0 Å². The van der Waals surface area contributed by atoms with E-state index in [2.05, 4.69) is 30.9 Å². The van der Waals surface area contributed by atoms with Gasteiger partial charge in [0.15, 0.2) is 0 Å². The fourth-order valence-electron chi connectivity index (χ4n) is 4.93. The first kappa shape index (κ1) is 24.0. The maximum absolute atomic E-state index is 13.6. The van der Waals surface area contributed by atoms with Gasteiger partial charge in [-0.05, 0) is 81.0 Å². The van der Waals surface area contributed by atoms with Crippen molar-refractivity contribution in [3.05, 3.63) is 52.6 Å². The van der Waals surface area contributed by atoms with Crippen molar-refractivity contribution in [2.45, 2.75) is 45.4 Å². The Morgan fingerprint density at radius 1 is 0.818 bits per heavy atom. The normalized spacial score (nSPS) is 19.6. The molecule has 2 aromatic rings. The lowest BCUT2D eigenvalue weighted by Gasteiger charge is -2.37. The van der Waals surface area contributed by atoms with E-state index in [9.17, 15) is 16.8 Å². The zero-order valence-corrected chi connectivity index (χ0v) is 21.5. The first-order valence-electron chi connectivity index (χ1n) is 11.5.